The van der Waals surface area contributed by atoms with E-state index >= 15 is 0 Å². The van der Waals surface area contributed by atoms with Gasteiger partial charge in [-0.3, -0.25) is 9.69 Å². The fourth-order valence-corrected chi connectivity index (χ4v) is 3.54. The second kappa shape index (κ2) is 7.92. The van der Waals surface area contributed by atoms with Gasteiger partial charge in [-0.25, -0.2) is 0 Å². The zero-order chi connectivity index (χ0) is 15.2. The van der Waals surface area contributed by atoms with Gasteiger partial charge in [0.15, 0.2) is 0 Å². The van der Waals surface area contributed by atoms with Gasteiger partial charge in [0.1, 0.15) is 0 Å². The summed E-state index contributed by atoms with van der Waals surface area (Å²) in [6.45, 7) is 5.13. The third-order valence-electron chi connectivity index (χ3n) is 4.17. The van der Waals surface area contributed by atoms with Gasteiger partial charge in [-0.05, 0) is 37.9 Å². The molecule has 5 heteroatoms. The van der Waals surface area contributed by atoms with Crippen molar-refractivity contribution in [3.05, 3.63) is 34.3 Å². The lowest BCUT2D eigenvalue weighted by Crippen LogP contribution is -2.44. The van der Waals surface area contributed by atoms with Gasteiger partial charge in [-0.2, -0.15) is 0 Å². The maximum Gasteiger partial charge on any atom is 0.224 e. The first-order chi connectivity index (χ1) is 10.1. The fraction of sp³-hybridized carbons (Fsp3) is 0.562. The summed E-state index contributed by atoms with van der Waals surface area (Å²) in [7, 11) is 0. The summed E-state index contributed by atoms with van der Waals surface area (Å²) >= 11 is 3.62. The van der Waals surface area contributed by atoms with Crippen LogP contribution in [0.2, 0.25) is 0 Å². The first-order valence-electron chi connectivity index (χ1n) is 7.59. The predicted molar refractivity (Wildman–Crippen MR) is 88.9 cm³/mol. The number of hydrogen-bond donors (Lipinski definition) is 2. The average Bonchev–Trinajstić information content (AvgIpc) is 2.52. The van der Waals surface area contributed by atoms with Crippen molar-refractivity contribution in [3.8, 4) is 0 Å². The van der Waals surface area contributed by atoms with Crippen LogP contribution in [0.3, 0.4) is 0 Å². The van der Waals surface area contributed by atoms with E-state index in [1.54, 1.807) is 0 Å². The number of hydrogen-bond acceptors (Lipinski definition) is 3. The third-order valence-corrected chi connectivity index (χ3v) is 4.89. The van der Waals surface area contributed by atoms with Crippen LogP contribution in [0, 0.1) is 5.92 Å². The topological polar surface area (TPSA) is 58.4 Å². The van der Waals surface area contributed by atoms with Gasteiger partial charge in [0.2, 0.25) is 5.91 Å². The normalized spacial score (nSPS) is 21.0. The molecule has 0 aromatic heterocycles. The van der Waals surface area contributed by atoms with E-state index in [0.29, 0.717) is 19.1 Å². The number of halogens is 1. The molecule has 0 saturated carbocycles. The van der Waals surface area contributed by atoms with Gasteiger partial charge in [0.25, 0.3) is 0 Å². The lowest BCUT2D eigenvalue weighted by atomic mass is 9.94. The first kappa shape index (κ1) is 16.5. The molecule has 1 aliphatic rings. The van der Waals surface area contributed by atoms with E-state index in [9.17, 15) is 4.79 Å². The number of nitrogens with one attached hydrogen (secondary N) is 1. The standard InChI is InChI=1S/C16H24BrN3O/c1-12(14-6-2-3-7-15(14)17)20-10-4-5-13(11-20)16(21)19-9-8-18/h2-3,6-7,12-13H,4-5,8-11,18H2,1H3,(H,19,21). The van der Waals surface area contributed by atoms with Crippen molar-refractivity contribution >= 4 is 21.8 Å². The second-order valence-corrected chi connectivity index (χ2v) is 6.47. The number of benzene rings is 1. The Labute approximate surface area is 135 Å². The van der Waals surface area contributed by atoms with E-state index in [2.05, 4.69) is 51.3 Å². The Morgan fingerprint density at radius 2 is 2.29 bits per heavy atom. The molecule has 116 valence electrons. The number of amides is 1. The minimum atomic E-state index is 0.0789. The largest absolute Gasteiger partial charge is 0.355 e. The molecule has 2 atom stereocenters. The molecule has 1 fully saturated rings. The molecule has 0 aliphatic carbocycles. The van der Waals surface area contributed by atoms with Crippen LogP contribution in [-0.4, -0.2) is 37.0 Å². The summed E-state index contributed by atoms with van der Waals surface area (Å²) in [6, 6.07) is 8.62. The summed E-state index contributed by atoms with van der Waals surface area (Å²) in [6.07, 6.45) is 2.03. The molecule has 1 aromatic rings. The number of nitrogens with two attached hydrogens (primary N) is 1. The van der Waals surface area contributed by atoms with Gasteiger partial charge in [0, 0.05) is 30.1 Å². The van der Waals surface area contributed by atoms with Crippen molar-refractivity contribution in [2.24, 2.45) is 11.7 Å². The summed E-state index contributed by atoms with van der Waals surface area (Å²) in [5.41, 5.74) is 6.72. The van der Waals surface area contributed by atoms with Gasteiger partial charge >= 0.3 is 0 Å². The molecule has 4 nitrogen and oxygen atoms in total. The lowest BCUT2D eigenvalue weighted by molar-refractivity contribution is -0.126. The molecule has 1 aromatic carbocycles. The van der Waals surface area contributed by atoms with Crippen LogP contribution >= 0.6 is 15.9 Å². The molecule has 21 heavy (non-hydrogen) atoms. The first-order valence-corrected chi connectivity index (χ1v) is 8.39. The predicted octanol–water partition coefficient (Wildman–Crippen LogP) is 2.30. The highest BCUT2D eigenvalue weighted by atomic mass is 79.9. The molecule has 2 unspecified atom stereocenters. The molecular weight excluding hydrogens is 330 g/mol. The lowest BCUT2D eigenvalue weighted by Gasteiger charge is -2.36. The summed E-state index contributed by atoms with van der Waals surface area (Å²) < 4.78 is 1.13. The quantitative estimate of drug-likeness (QED) is 0.853. The Balaban J connectivity index is 2.00. The molecule has 1 aliphatic heterocycles. The SMILES string of the molecule is CC(c1ccccc1Br)N1CCCC(C(=O)NCCN)C1. The average molecular weight is 354 g/mol. The van der Waals surface area contributed by atoms with Gasteiger partial charge in [0.05, 0.1) is 5.92 Å². The van der Waals surface area contributed by atoms with Crippen LogP contribution in [0.25, 0.3) is 0 Å². The Morgan fingerprint density at radius 3 is 3.00 bits per heavy atom. The smallest absolute Gasteiger partial charge is 0.224 e. The maximum absolute atomic E-state index is 12.1. The van der Waals surface area contributed by atoms with Gasteiger partial charge < -0.3 is 11.1 Å². The Kier molecular flexibility index (Phi) is 6.21. The highest BCUT2D eigenvalue weighted by Crippen LogP contribution is 2.30. The van der Waals surface area contributed by atoms with E-state index in [1.165, 1.54) is 5.56 Å². The molecule has 1 amide bonds. The third kappa shape index (κ3) is 4.28. The zero-order valence-electron chi connectivity index (χ0n) is 12.5. The van der Waals surface area contributed by atoms with E-state index in [-0.39, 0.29) is 11.8 Å². The number of carbonyl (C=O) groups excluding carboxylic acids is 1. The van der Waals surface area contributed by atoms with E-state index in [1.807, 2.05) is 6.07 Å². The van der Waals surface area contributed by atoms with Crippen molar-refractivity contribution in [1.29, 1.82) is 0 Å². The molecule has 2 rings (SSSR count). The molecule has 0 bridgehead atoms. The minimum absolute atomic E-state index is 0.0789. The fourth-order valence-electron chi connectivity index (χ4n) is 2.92. The minimum Gasteiger partial charge on any atom is -0.355 e. The van der Waals surface area contributed by atoms with Crippen LogP contribution in [-0.2, 0) is 4.79 Å². The Hall–Kier alpha value is -0.910. The number of likely N-dealkylation sites (tertiary alicyclic amines) is 1. The number of rotatable bonds is 5. The van der Waals surface area contributed by atoms with Crippen LogP contribution in [0.1, 0.15) is 31.4 Å². The molecular formula is C16H24BrN3O. The number of carbonyl (C=O) groups is 1. The highest BCUT2D eigenvalue weighted by Gasteiger charge is 2.28. The van der Waals surface area contributed by atoms with Crippen LogP contribution in [0.5, 0.6) is 0 Å². The summed E-state index contributed by atoms with van der Waals surface area (Å²) in [5.74, 6) is 0.222. The van der Waals surface area contributed by atoms with Gasteiger partial charge in [-0.15, -0.1) is 0 Å². The van der Waals surface area contributed by atoms with Crippen LogP contribution in [0.4, 0.5) is 0 Å². The van der Waals surface area contributed by atoms with Crippen molar-refractivity contribution in [1.82, 2.24) is 10.2 Å². The van der Waals surface area contributed by atoms with Crippen molar-refractivity contribution in [2.45, 2.75) is 25.8 Å². The highest BCUT2D eigenvalue weighted by molar-refractivity contribution is 9.10. The van der Waals surface area contributed by atoms with Crippen molar-refractivity contribution < 1.29 is 4.79 Å². The van der Waals surface area contributed by atoms with Crippen LogP contribution < -0.4 is 11.1 Å². The Morgan fingerprint density at radius 1 is 1.52 bits per heavy atom. The molecule has 0 spiro atoms. The van der Waals surface area contributed by atoms with E-state index < -0.39 is 0 Å². The summed E-state index contributed by atoms with van der Waals surface area (Å²) in [4.78, 5) is 14.5. The van der Waals surface area contributed by atoms with Crippen LogP contribution in [0.15, 0.2) is 28.7 Å². The van der Waals surface area contributed by atoms with E-state index in [0.717, 1.165) is 30.4 Å². The number of piperidine rings is 1. The molecule has 1 saturated heterocycles. The van der Waals surface area contributed by atoms with Crippen molar-refractivity contribution in [3.63, 3.8) is 0 Å². The molecule has 3 N–H and O–H groups in total. The monoisotopic (exact) mass is 353 g/mol. The van der Waals surface area contributed by atoms with Gasteiger partial charge in [-0.1, -0.05) is 34.1 Å². The number of nitrogens with zero attached hydrogens (tertiary/aromatic N) is 1. The zero-order valence-corrected chi connectivity index (χ0v) is 14.1. The maximum atomic E-state index is 12.1. The Bertz CT molecular complexity index is 480. The molecule has 0 radical (unpaired) electrons. The van der Waals surface area contributed by atoms with Crippen molar-refractivity contribution in [2.75, 3.05) is 26.2 Å². The van der Waals surface area contributed by atoms with E-state index in [4.69, 9.17) is 5.73 Å². The second-order valence-electron chi connectivity index (χ2n) is 5.61. The molecule has 1 heterocycles. The summed E-state index contributed by atoms with van der Waals surface area (Å²) in [5, 5.41) is 2.91.